The second-order valence-electron chi connectivity index (χ2n) is 5.32. The maximum absolute atomic E-state index is 12.2. The largest absolute Gasteiger partial charge is 0.374 e. The van der Waals surface area contributed by atoms with E-state index >= 15 is 0 Å². The van der Waals surface area contributed by atoms with Gasteiger partial charge < -0.3 is 10.6 Å². The number of nitrogens with one attached hydrogen (secondary N) is 3. The molecule has 0 aliphatic carbocycles. The van der Waals surface area contributed by atoms with Gasteiger partial charge in [-0.25, -0.2) is 8.42 Å². The molecule has 2 aromatic carbocycles. The van der Waals surface area contributed by atoms with Crippen LogP contribution in [0.3, 0.4) is 0 Å². The van der Waals surface area contributed by atoms with Crippen LogP contribution in [0.25, 0.3) is 0 Å². The van der Waals surface area contributed by atoms with Crippen molar-refractivity contribution < 1.29 is 13.2 Å². The fourth-order valence-corrected chi connectivity index (χ4v) is 2.74. The molecule has 2 rings (SSSR count). The first kappa shape index (κ1) is 18.1. The normalized spacial score (nSPS) is 12.3. The minimum absolute atomic E-state index is 0.212. The lowest BCUT2D eigenvalue weighted by Gasteiger charge is -2.16. The summed E-state index contributed by atoms with van der Waals surface area (Å²) >= 11 is 5.88. The summed E-state index contributed by atoms with van der Waals surface area (Å²) in [5, 5.41) is 6.36. The van der Waals surface area contributed by atoms with Crippen LogP contribution in [0.1, 0.15) is 6.92 Å². The summed E-state index contributed by atoms with van der Waals surface area (Å²) in [5.41, 5.74) is 1.77. The monoisotopic (exact) mass is 367 g/mol. The molecule has 3 N–H and O–H groups in total. The molecule has 128 valence electrons. The van der Waals surface area contributed by atoms with Gasteiger partial charge in [0.2, 0.25) is 15.9 Å². The summed E-state index contributed by atoms with van der Waals surface area (Å²) in [5.74, 6) is -0.212. The lowest BCUT2D eigenvalue weighted by atomic mass is 10.2. The van der Waals surface area contributed by atoms with Crippen LogP contribution >= 0.6 is 11.6 Å². The Hall–Kier alpha value is -2.25. The van der Waals surface area contributed by atoms with Gasteiger partial charge >= 0.3 is 0 Å². The van der Waals surface area contributed by atoms with Crippen molar-refractivity contribution in [3.05, 3.63) is 53.6 Å². The van der Waals surface area contributed by atoms with Gasteiger partial charge in [0.15, 0.2) is 0 Å². The molecular formula is C16H18ClN3O3S. The predicted octanol–water partition coefficient (Wildman–Crippen LogP) is 3.15. The topological polar surface area (TPSA) is 87.3 Å². The lowest BCUT2D eigenvalue weighted by molar-refractivity contribution is -0.116. The average molecular weight is 368 g/mol. The summed E-state index contributed by atoms with van der Waals surface area (Å²) in [4.78, 5) is 12.2. The second kappa shape index (κ2) is 7.55. The van der Waals surface area contributed by atoms with Crippen molar-refractivity contribution in [2.24, 2.45) is 0 Å². The van der Waals surface area contributed by atoms with Crippen molar-refractivity contribution in [2.75, 3.05) is 21.6 Å². The van der Waals surface area contributed by atoms with E-state index in [9.17, 15) is 13.2 Å². The number of rotatable bonds is 6. The van der Waals surface area contributed by atoms with E-state index in [1.807, 2.05) is 0 Å². The van der Waals surface area contributed by atoms with E-state index in [1.54, 1.807) is 55.5 Å². The minimum atomic E-state index is -3.31. The molecule has 1 amide bonds. The summed E-state index contributed by atoms with van der Waals surface area (Å²) in [6, 6.07) is 13.0. The van der Waals surface area contributed by atoms with Gasteiger partial charge in [0.25, 0.3) is 0 Å². The Morgan fingerprint density at radius 3 is 2.25 bits per heavy atom. The van der Waals surface area contributed by atoms with Crippen LogP contribution in [0.5, 0.6) is 0 Å². The van der Waals surface area contributed by atoms with Gasteiger partial charge in [-0.15, -0.1) is 0 Å². The lowest BCUT2D eigenvalue weighted by Crippen LogP contribution is -2.31. The fourth-order valence-electron chi connectivity index (χ4n) is 1.98. The zero-order valence-electron chi connectivity index (χ0n) is 13.2. The minimum Gasteiger partial charge on any atom is -0.374 e. The van der Waals surface area contributed by atoms with E-state index in [4.69, 9.17) is 11.6 Å². The third kappa shape index (κ3) is 5.75. The highest BCUT2D eigenvalue weighted by molar-refractivity contribution is 7.92. The summed E-state index contributed by atoms with van der Waals surface area (Å²) in [6.07, 6.45) is 1.08. The van der Waals surface area contributed by atoms with Crippen molar-refractivity contribution in [3.8, 4) is 0 Å². The molecule has 0 saturated heterocycles. The number of hydrogen-bond acceptors (Lipinski definition) is 4. The van der Waals surface area contributed by atoms with E-state index in [0.717, 1.165) is 6.26 Å². The molecule has 0 heterocycles. The second-order valence-corrected chi connectivity index (χ2v) is 7.50. The first-order valence-electron chi connectivity index (χ1n) is 7.14. The van der Waals surface area contributed by atoms with E-state index in [-0.39, 0.29) is 5.91 Å². The summed E-state index contributed by atoms with van der Waals surface area (Å²) in [7, 11) is -3.31. The number of amides is 1. The van der Waals surface area contributed by atoms with Crippen LogP contribution in [0.4, 0.5) is 17.1 Å². The molecule has 0 aromatic heterocycles. The number of halogens is 1. The molecule has 24 heavy (non-hydrogen) atoms. The Morgan fingerprint density at radius 1 is 1.04 bits per heavy atom. The van der Waals surface area contributed by atoms with E-state index < -0.39 is 16.1 Å². The van der Waals surface area contributed by atoms with Gasteiger partial charge in [-0.2, -0.15) is 0 Å². The quantitative estimate of drug-likeness (QED) is 0.731. The molecule has 0 radical (unpaired) electrons. The molecule has 0 unspecified atom stereocenters. The number of hydrogen-bond donors (Lipinski definition) is 3. The maximum Gasteiger partial charge on any atom is 0.246 e. The van der Waals surface area contributed by atoms with Crippen LogP contribution in [-0.4, -0.2) is 26.6 Å². The van der Waals surface area contributed by atoms with Crippen LogP contribution in [0.15, 0.2) is 48.5 Å². The molecule has 0 bridgehead atoms. The van der Waals surface area contributed by atoms with Crippen LogP contribution in [0.2, 0.25) is 5.02 Å². The molecule has 0 aliphatic rings. The Labute approximate surface area is 146 Å². The van der Waals surface area contributed by atoms with Crippen LogP contribution in [0, 0.1) is 0 Å². The highest BCUT2D eigenvalue weighted by Gasteiger charge is 2.13. The molecule has 6 nitrogen and oxygen atoms in total. The number of carbonyl (C=O) groups is 1. The highest BCUT2D eigenvalue weighted by atomic mass is 35.5. The van der Waals surface area contributed by atoms with Crippen molar-refractivity contribution >= 4 is 44.6 Å². The Bertz CT molecular complexity index is 823. The van der Waals surface area contributed by atoms with Crippen molar-refractivity contribution in [1.29, 1.82) is 0 Å². The molecular weight excluding hydrogens is 350 g/mol. The van der Waals surface area contributed by atoms with Crippen LogP contribution in [-0.2, 0) is 14.8 Å². The fraction of sp³-hybridized carbons (Fsp3) is 0.188. The van der Waals surface area contributed by atoms with Gasteiger partial charge in [0, 0.05) is 22.1 Å². The number of carbonyl (C=O) groups excluding carboxylic acids is 1. The molecule has 0 spiro atoms. The number of benzene rings is 2. The Balaban J connectivity index is 1.96. The smallest absolute Gasteiger partial charge is 0.246 e. The van der Waals surface area contributed by atoms with Gasteiger partial charge in [-0.3, -0.25) is 9.52 Å². The number of sulfonamides is 1. The molecule has 1 atom stereocenters. The SMILES string of the molecule is C[C@@H](Nc1ccc(NS(C)(=O)=O)cc1)C(=O)Nc1cccc(Cl)c1. The van der Waals surface area contributed by atoms with Crippen LogP contribution < -0.4 is 15.4 Å². The van der Waals surface area contributed by atoms with E-state index in [2.05, 4.69) is 15.4 Å². The Kier molecular flexibility index (Phi) is 5.69. The zero-order valence-corrected chi connectivity index (χ0v) is 14.8. The number of anilines is 3. The molecule has 2 aromatic rings. The first-order chi connectivity index (χ1) is 11.2. The van der Waals surface area contributed by atoms with Gasteiger partial charge in [-0.05, 0) is 49.4 Å². The first-order valence-corrected chi connectivity index (χ1v) is 9.41. The third-order valence-corrected chi connectivity index (χ3v) is 3.90. The average Bonchev–Trinajstić information content (AvgIpc) is 2.47. The highest BCUT2D eigenvalue weighted by Crippen LogP contribution is 2.17. The van der Waals surface area contributed by atoms with E-state index in [1.165, 1.54) is 0 Å². The molecule has 0 aliphatic heterocycles. The van der Waals surface area contributed by atoms with Crippen molar-refractivity contribution in [3.63, 3.8) is 0 Å². The standard InChI is InChI=1S/C16H18ClN3O3S/c1-11(16(21)19-15-5-3-4-12(17)10-15)18-13-6-8-14(9-7-13)20-24(2,22)23/h3-11,18,20H,1-2H3,(H,19,21)/t11-/m1/s1. The van der Waals surface area contributed by atoms with Gasteiger partial charge in [0.05, 0.1) is 6.26 Å². The zero-order chi connectivity index (χ0) is 17.7. The maximum atomic E-state index is 12.2. The predicted molar refractivity (Wildman–Crippen MR) is 98.1 cm³/mol. The van der Waals surface area contributed by atoms with Crippen molar-refractivity contribution in [2.45, 2.75) is 13.0 Å². The van der Waals surface area contributed by atoms with Gasteiger partial charge in [-0.1, -0.05) is 17.7 Å². The summed E-state index contributed by atoms with van der Waals surface area (Å²) in [6.45, 7) is 1.72. The summed E-state index contributed by atoms with van der Waals surface area (Å²) < 4.78 is 24.7. The van der Waals surface area contributed by atoms with Gasteiger partial charge in [0.1, 0.15) is 6.04 Å². The molecule has 0 saturated carbocycles. The molecule has 8 heteroatoms. The third-order valence-electron chi connectivity index (χ3n) is 3.06. The Morgan fingerprint density at radius 2 is 1.67 bits per heavy atom. The molecule has 0 fully saturated rings. The van der Waals surface area contributed by atoms with E-state index in [0.29, 0.717) is 22.1 Å². The van der Waals surface area contributed by atoms with Crippen molar-refractivity contribution in [1.82, 2.24) is 0 Å².